The predicted octanol–water partition coefficient (Wildman–Crippen LogP) is 2.63. The van der Waals surface area contributed by atoms with Gasteiger partial charge in [0, 0.05) is 39.1 Å². The van der Waals surface area contributed by atoms with Gasteiger partial charge >= 0.3 is 0 Å². The summed E-state index contributed by atoms with van der Waals surface area (Å²) in [5.74, 6) is 0.472. The van der Waals surface area contributed by atoms with E-state index in [1.807, 2.05) is 36.9 Å². The molecule has 0 saturated carbocycles. The van der Waals surface area contributed by atoms with Crippen LogP contribution in [0.4, 0.5) is 0 Å². The number of benzene rings is 1. The van der Waals surface area contributed by atoms with Crippen LogP contribution < -0.4 is 0 Å². The summed E-state index contributed by atoms with van der Waals surface area (Å²) in [4.78, 5) is 28.8. The lowest BCUT2D eigenvalue weighted by Gasteiger charge is -2.32. The third-order valence-electron chi connectivity index (χ3n) is 5.60. The summed E-state index contributed by atoms with van der Waals surface area (Å²) < 4.78 is 1.75. The van der Waals surface area contributed by atoms with Gasteiger partial charge in [0.25, 0.3) is 5.91 Å². The number of rotatable bonds is 8. The van der Waals surface area contributed by atoms with Crippen LogP contribution in [0.1, 0.15) is 49.2 Å². The summed E-state index contributed by atoms with van der Waals surface area (Å²) in [5.41, 5.74) is 1.59. The number of hydrogen-bond donors (Lipinski definition) is 0. The number of carbonyl (C=O) groups excluding carboxylic acids is 2. The molecule has 156 valence electrons. The quantitative estimate of drug-likeness (QED) is 0.687. The van der Waals surface area contributed by atoms with E-state index in [0.29, 0.717) is 37.7 Å². The van der Waals surface area contributed by atoms with Crippen molar-refractivity contribution < 1.29 is 9.59 Å². The van der Waals surface area contributed by atoms with Gasteiger partial charge in [-0.2, -0.15) is 0 Å². The Morgan fingerprint density at radius 3 is 2.66 bits per heavy atom. The van der Waals surface area contributed by atoms with Crippen LogP contribution in [0.25, 0.3) is 0 Å². The maximum Gasteiger partial charge on any atom is 0.276 e. The van der Waals surface area contributed by atoms with Crippen LogP contribution in [0, 0.1) is 5.92 Å². The molecule has 0 bridgehead atoms. The Hall–Kier alpha value is -2.70. The Bertz CT molecular complexity index is 801. The molecule has 0 aliphatic carbocycles. The minimum Gasteiger partial charge on any atom is -0.342 e. The number of hydrogen-bond acceptors (Lipinski definition) is 4. The molecular weight excluding hydrogens is 366 g/mol. The van der Waals surface area contributed by atoms with E-state index in [1.165, 1.54) is 5.56 Å². The molecule has 7 heteroatoms. The topological polar surface area (TPSA) is 71.3 Å². The van der Waals surface area contributed by atoms with Gasteiger partial charge < -0.3 is 9.80 Å². The zero-order valence-electron chi connectivity index (χ0n) is 17.5. The molecule has 0 radical (unpaired) electrons. The van der Waals surface area contributed by atoms with Crippen molar-refractivity contribution in [2.45, 2.75) is 46.1 Å². The maximum absolute atomic E-state index is 12.6. The van der Waals surface area contributed by atoms with E-state index in [1.54, 1.807) is 15.8 Å². The molecule has 29 heavy (non-hydrogen) atoms. The highest BCUT2D eigenvalue weighted by molar-refractivity contribution is 5.91. The lowest BCUT2D eigenvalue weighted by atomic mass is 9.97. The fourth-order valence-corrected chi connectivity index (χ4v) is 3.92. The van der Waals surface area contributed by atoms with Crippen molar-refractivity contribution in [3.8, 4) is 0 Å². The lowest BCUT2D eigenvalue weighted by Crippen LogP contribution is -2.41. The molecule has 2 amide bonds. The number of nitrogens with zero attached hydrogens (tertiary/aromatic N) is 5. The molecule has 0 N–H and O–H groups in total. The monoisotopic (exact) mass is 397 g/mol. The standard InChI is InChI=1S/C22H31N5O2/c1-3-25(4-2)22(29)20-17-27(24-23-20)16-19-11-8-14-26(15-19)21(28)13-12-18-9-6-5-7-10-18/h5-7,9-10,17,19H,3-4,8,11-16H2,1-2H3. The normalized spacial score (nSPS) is 16.6. The van der Waals surface area contributed by atoms with Crippen molar-refractivity contribution in [1.82, 2.24) is 24.8 Å². The summed E-state index contributed by atoms with van der Waals surface area (Å²) in [6.07, 6.45) is 5.11. The van der Waals surface area contributed by atoms with Gasteiger partial charge in [0.1, 0.15) is 0 Å². The van der Waals surface area contributed by atoms with Crippen LogP contribution in [-0.2, 0) is 17.8 Å². The van der Waals surface area contributed by atoms with Crippen molar-refractivity contribution in [3.05, 3.63) is 47.8 Å². The fourth-order valence-electron chi connectivity index (χ4n) is 3.92. The van der Waals surface area contributed by atoms with Crippen LogP contribution in [0.3, 0.4) is 0 Å². The Labute approximate surface area is 172 Å². The van der Waals surface area contributed by atoms with Gasteiger partial charge in [-0.25, -0.2) is 0 Å². The Morgan fingerprint density at radius 1 is 1.17 bits per heavy atom. The number of likely N-dealkylation sites (tertiary alicyclic amines) is 1. The highest BCUT2D eigenvalue weighted by Gasteiger charge is 2.25. The SMILES string of the molecule is CCN(CC)C(=O)c1cn(CC2CCCN(C(=O)CCc3ccccc3)C2)nn1. The van der Waals surface area contributed by atoms with Crippen molar-refractivity contribution in [3.63, 3.8) is 0 Å². The highest BCUT2D eigenvalue weighted by atomic mass is 16.2. The molecule has 1 aliphatic heterocycles. The van der Waals surface area contributed by atoms with Crippen LogP contribution in [0.5, 0.6) is 0 Å². The molecule has 1 saturated heterocycles. The molecule has 0 spiro atoms. The summed E-state index contributed by atoms with van der Waals surface area (Å²) in [7, 11) is 0. The predicted molar refractivity (Wildman–Crippen MR) is 111 cm³/mol. The third-order valence-corrected chi connectivity index (χ3v) is 5.60. The first-order valence-electron chi connectivity index (χ1n) is 10.6. The number of piperidine rings is 1. The van der Waals surface area contributed by atoms with E-state index in [4.69, 9.17) is 0 Å². The smallest absolute Gasteiger partial charge is 0.276 e. The molecule has 1 unspecified atom stereocenters. The zero-order chi connectivity index (χ0) is 20.6. The van der Waals surface area contributed by atoms with E-state index >= 15 is 0 Å². The van der Waals surface area contributed by atoms with Gasteiger partial charge in [-0.3, -0.25) is 14.3 Å². The summed E-state index contributed by atoms with van der Waals surface area (Å²) >= 11 is 0. The van der Waals surface area contributed by atoms with Gasteiger partial charge in [0.2, 0.25) is 5.91 Å². The largest absolute Gasteiger partial charge is 0.342 e. The van der Waals surface area contributed by atoms with E-state index < -0.39 is 0 Å². The molecule has 7 nitrogen and oxygen atoms in total. The second-order valence-corrected chi connectivity index (χ2v) is 7.64. The van der Waals surface area contributed by atoms with Crippen molar-refractivity contribution in [2.24, 2.45) is 5.92 Å². The van der Waals surface area contributed by atoms with Crippen LogP contribution in [0.15, 0.2) is 36.5 Å². The molecule has 2 heterocycles. The molecule has 1 fully saturated rings. The number of carbonyl (C=O) groups is 2. The van der Waals surface area contributed by atoms with Crippen LogP contribution in [0.2, 0.25) is 0 Å². The molecule has 3 rings (SSSR count). The van der Waals surface area contributed by atoms with E-state index in [9.17, 15) is 9.59 Å². The summed E-state index contributed by atoms with van der Waals surface area (Å²) in [5, 5.41) is 8.20. The van der Waals surface area contributed by atoms with Gasteiger partial charge in [-0.1, -0.05) is 35.5 Å². The third kappa shape index (κ3) is 5.65. The van der Waals surface area contributed by atoms with E-state index in [2.05, 4.69) is 22.4 Å². The van der Waals surface area contributed by atoms with Gasteiger partial charge in [-0.05, 0) is 44.6 Å². The average molecular weight is 398 g/mol. The lowest BCUT2D eigenvalue weighted by molar-refractivity contribution is -0.133. The van der Waals surface area contributed by atoms with Gasteiger partial charge in [-0.15, -0.1) is 5.10 Å². The molecule has 1 atom stereocenters. The van der Waals surface area contributed by atoms with Crippen molar-refractivity contribution in [1.29, 1.82) is 0 Å². The first-order chi connectivity index (χ1) is 14.1. The van der Waals surface area contributed by atoms with Crippen molar-refractivity contribution >= 4 is 11.8 Å². The second-order valence-electron chi connectivity index (χ2n) is 7.64. The molecule has 1 aromatic heterocycles. The highest BCUT2D eigenvalue weighted by Crippen LogP contribution is 2.19. The second kappa shape index (κ2) is 10.2. The summed E-state index contributed by atoms with van der Waals surface area (Å²) in [6.45, 7) is 7.48. The van der Waals surface area contributed by atoms with Crippen LogP contribution in [-0.4, -0.2) is 62.8 Å². The first kappa shape index (κ1) is 21.0. The number of aryl methyl sites for hydroxylation is 1. The maximum atomic E-state index is 12.6. The summed E-state index contributed by atoms with van der Waals surface area (Å²) in [6, 6.07) is 10.1. The number of aromatic nitrogens is 3. The molecule has 1 aromatic carbocycles. The molecule has 1 aliphatic rings. The minimum absolute atomic E-state index is 0.0809. The number of amides is 2. The Kier molecular flexibility index (Phi) is 7.38. The van der Waals surface area contributed by atoms with Crippen molar-refractivity contribution in [2.75, 3.05) is 26.2 Å². The average Bonchev–Trinajstić information content (AvgIpc) is 3.22. The minimum atomic E-state index is -0.0809. The Balaban J connectivity index is 1.52. The van der Waals surface area contributed by atoms with E-state index in [0.717, 1.165) is 32.4 Å². The Morgan fingerprint density at radius 2 is 1.93 bits per heavy atom. The van der Waals surface area contributed by atoms with Crippen LogP contribution >= 0.6 is 0 Å². The molecular formula is C22H31N5O2. The fraction of sp³-hybridized carbons (Fsp3) is 0.545. The van der Waals surface area contributed by atoms with E-state index in [-0.39, 0.29) is 11.8 Å². The van der Waals surface area contributed by atoms with Gasteiger partial charge in [0.05, 0.1) is 6.20 Å². The zero-order valence-corrected chi connectivity index (χ0v) is 17.5. The first-order valence-corrected chi connectivity index (χ1v) is 10.6. The van der Waals surface area contributed by atoms with Gasteiger partial charge in [0.15, 0.2) is 5.69 Å². The molecule has 2 aromatic rings.